The highest BCUT2D eigenvalue weighted by Crippen LogP contribution is 2.35. The molecule has 1 aliphatic rings. The molecule has 0 radical (unpaired) electrons. The molecule has 1 aliphatic heterocycles. The van der Waals surface area contributed by atoms with E-state index in [1.54, 1.807) is 0 Å². The summed E-state index contributed by atoms with van der Waals surface area (Å²) in [6.07, 6.45) is 3.99. The molecule has 2 atom stereocenters. The topological polar surface area (TPSA) is 88.3 Å². The van der Waals surface area contributed by atoms with Gasteiger partial charge in [-0.3, -0.25) is 0 Å². The number of benzene rings is 1. The summed E-state index contributed by atoms with van der Waals surface area (Å²) in [5, 5.41) is 13.8. The third-order valence-corrected chi connectivity index (χ3v) is 7.18. The van der Waals surface area contributed by atoms with E-state index in [-0.39, 0.29) is 12.1 Å². The molecule has 0 amide bonds. The molecule has 1 saturated heterocycles. The highest BCUT2D eigenvalue weighted by Gasteiger charge is 2.48. The van der Waals surface area contributed by atoms with Gasteiger partial charge in [-0.05, 0) is 25.8 Å². The van der Waals surface area contributed by atoms with Gasteiger partial charge in [0.05, 0.1) is 6.54 Å². The normalized spacial score (nSPS) is 19.4. The summed E-state index contributed by atoms with van der Waals surface area (Å²) in [5.41, 5.74) is -2.46. The van der Waals surface area contributed by atoms with Crippen molar-refractivity contribution in [2.24, 2.45) is 0 Å². The molecule has 0 unspecified atom stereocenters. The molecule has 2 heterocycles. The van der Waals surface area contributed by atoms with E-state index in [1.807, 2.05) is 0 Å². The van der Waals surface area contributed by atoms with Crippen LogP contribution in [0, 0.1) is 11.6 Å². The molecule has 7 nitrogen and oxygen atoms in total. The molecule has 2 aromatic rings. The number of hydrogen-bond donors (Lipinski definition) is 1. The minimum Gasteiger partial charge on any atom is -0.382 e. The van der Waals surface area contributed by atoms with Crippen LogP contribution in [0.25, 0.3) is 0 Å². The third kappa shape index (κ3) is 3.36. The van der Waals surface area contributed by atoms with E-state index in [2.05, 4.69) is 10.1 Å². The summed E-state index contributed by atoms with van der Waals surface area (Å²) in [4.78, 5) is 3.76. The first kappa shape index (κ1) is 18.9. The van der Waals surface area contributed by atoms with Crippen LogP contribution in [0.1, 0.15) is 25.3 Å². The van der Waals surface area contributed by atoms with Gasteiger partial charge in [0.15, 0.2) is 0 Å². The molecule has 10 heteroatoms. The van der Waals surface area contributed by atoms with Crippen LogP contribution in [-0.2, 0) is 22.2 Å². The largest absolute Gasteiger partial charge is 0.382 e. The fourth-order valence-corrected chi connectivity index (χ4v) is 5.16. The summed E-state index contributed by atoms with van der Waals surface area (Å²) in [6.45, 7) is 1.70. The number of sulfonamides is 1. The molecule has 3 rings (SSSR count). The van der Waals surface area contributed by atoms with Gasteiger partial charge in [0, 0.05) is 24.7 Å². The Labute approximate surface area is 150 Å². The Hall–Kier alpha value is -1.91. The zero-order chi connectivity index (χ0) is 18.9. The minimum atomic E-state index is -3.91. The molecule has 1 aromatic carbocycles. The maximum absolute atomic E-state index is 14.4. The Balaban J connectivity index is 2.07. The Bertz CT molecular complexity index is 870. The highest BCUT2D eigenvalue weighted by atomic mass is 32.2. The molecule has 1 fully saturated rings. The van der Waals surface area contributed by atoms with E-state index in [1.165, 1.54) is 28.6 Å². The second kappa shape index (κ2) is 7.01. The lowest BCUT2D eigenvalue weighted by Crippen LogP contribution is -2.51. The van der Waals surface area contributed by atoms with Crippen LogP contribution in [0.3, 0.4) is 0 Å². The first-order valence-corrected chi connectivity index (χ1v) is 9.75. The zero-order valence-electron chi connectivity index (χ0n) is 14.2. The minimum absolute atomic E-state index is 0.301. The number of hydrogen-bond acceptors (Lipinski definition) is 5. The lowest BCUT2D eigenvalue weighted by molar-refractivity contribution is 0.00975. The van der Waals surface area contributed by atoms with Gasteiger partial charge in [-0.2, -0.15) is 5.10 Å². The molecule has 1 N–H and O–H groups in total. The number of aliphatic hydroxyl groups is 1. The first-order chi connectivity index (χ1) is 12.2. The monoisotopic (exact) mass is 386 g/mol. The third-order valence-electron chi connectivity index (χ3n) is 4.81. The highest BCUT2D eigenvalue weighted by molar-refractivity contribution is 7.89. The number of rotatable bonds is 6. The molecule has 0 aliphatic carbocycles. The van der Waals surface area contributed by atoms with Crippen LogP contribution in [-0.4, -0.2) is 50.9 Å². The average molecular weight is 386 g/mol. The molecular formula is C16H20F2N4O3S. The van der Waals surface area contributed by atoms with Crippen LogP contribution in [0.2, 0.25) is 0 Å². The van der Waals surface area contributed by atoms with Gasteiger partial charge >= 0.3 is 0 Å². The van der Waals surface area contributed by atoms with Gasteiger partial charge in [0.2, 0.25) is 10.0 Å². The molecular weight excluding hydrogens is 366 g/mol. The SMILES string of the molecule is C[C@H]([C@](O)(Cn1cncn1)c1ccc(F)cc1F)S(=O)(=O)N1CCCC1. The summed E-state index contributed by atoms with van der Waals surface area (Å²) in [5.74, 6) is -1.83. The Morgan fingerprint density at radius 1 is 1.31 bits per heavy atom. The van der Waals surface area contributed by atoms with Crippen LogP contribution in [0.5, 0.6) is 0 Å². The second-order valence-electron chi connectivity index (χ2n) is 6.43. The standard InChI is InChI=1S/C16H20F2N4O3S/c1-12(26(24,25)22-6-2-3-7-22)16(23,9-21-11-19-10-20-21)14-5-4-13(17)8-15(14)18/h4-5,8,10-12,23H,2-3,6-7,9H2,1H3/t12-,16-/m1/s1. The lowest BCUT2D eigenvalue weighted by Gasteiger charge is -2.36. The summed E-state index contributed by atoms with van der Waals surface area (Å²) in [6, 6.07) is 2.67. The van der Waals surface area contributed by atoms with E-state index in [0.717, 1.165) is 25.0 Å². The maximum Gasteiger partial charge on any atom is 0.219 e. The van der Waals surface area contributed by atoms with Crippen LogP contribution >= 0.6 is 0 Å². The van der Waals surface area contributed by atoms with Crippen molar-refractivity contribution in [3.63, 3.8) is 0 Å². The fourth-order valence-electron chi connectivity index (χ4n) is 3.25. The van der Waals surface area contributed by atoms with Crippen molar-refractivity contribution in [1.82, 2.24) is 19.1 Å². The van der Waals surface area contributed by atoms with E-state index in [9.17, 15) is 22.3 Å². The van der Waals surface area contributed by atoms with Gasteiger partial charge in [-0.25, -0.2) is 31.2 Å². The molecule has 26 heavy (non-hydrogen) atoms. The predicted octanol–water partition coefficient (Wildman–Crippen LogP) is 1.26. The van der Waals surface area contributed by atoms with Gasteiger partial charge in [0.25, 0.3) is 0 Å². The molecule has 0 bridgehead atoms. The fraction of sp³-hybridized carbons (Fsp3) is 0.500. The van der Waals surface area contributed by atoms with E-state index in [4.69, 9.17) is 0 Å². The van der Waals surface area contributed by atoms with Gasteiger partial charge in [-0.15, -0.1) is 0 Å². The summed E-state index contributed by atoms with van der Waals surface area (Å²) in [7, 11) is -3.91. The zero-order valence-corrected chi connectivity index (χ0v) is 15.0. The van der Waals surface area contributed by atoms with Crippen LogP contribution in [0.15, 0.2) is 30.9 Å². The molecule has 142 valence electrons. The smallest absolute Gasteiger partial charge is 0.219 e. The van der Waals surface area contributed by atoms with Gasteiger partial charge in [0.1, 0.15) is 35.1 Å². The van der Waals surface area contributed by atoms with Crippen molar-refractivity contribution in [3.05, 3.63) is 48.1 Å². The van der Waals surface area contributed by atoms with Gasteiger partial charge in [-0.1, -0.05) is 6.07 Å². The lowest BCUT2D eigenvalue weighted by atomic mass is 9.90. The number of nitrogens with zero attached hydrogens (tertiary/aromatic N) is 4. The van der Waals surface area contributed by atoms with Crippen molar-refractivity contribution in [2.45, 2.75) is 37.2 Å². The predicted molar refractivity (Wildman–Crippen MR) is 89.5 cm³/mol. The molecule has 0 saturated carbocycles. The maximum atomic E-state index is 14.4. The Kier molecular flexibility index (Phi) is 5.09. The van der Waals surface area contributed by atoms with Crippen LogP contribution in [0.4, 0.5) is 8.78 Å². The Morgan fingerprint density at radius 2 is 2.00 bits per heavy atom. The van der Waals surface area contributed by atoms with Crippen molar-refractivity contribution in [3.8, 4) is 0 Å². The van der Waals surface area contributed by atoms with Crippen molar-refractivity contribution in [1.29, 1.82) is 0 Å². The number of halogens is 2. The first-order valence-electron chi connectivity index (χ1n) is 8.24. The van der Waals surface area contributed by atoms with E-state index in [0.29, 0.717) is 19.2 Å². The Morgan fingerprint density at radius 3 is 2.58 bits per heavy atom. The quantitative estimate of drug-likeness (QED) is 0.808. The second-order valence-corrected chi connectivity index (χ2v) is 8.69. The van der Waals surface area contributed by atoms with E-state index >= 15 is 0 Å². The van der Waals surface area contributed by atoms with Crippen molar-refractivity contribution < 1.29 is 22.3 Å². The summed E-state index contributed by atoms with van der Waals surface area (Å²) < 4.78 is 56.2. The van der Waals surface area contributed by atoms with Crippen LogP contribution < -0.4 is 0 Å². The van der Waals surface area contributed by atoms with Crippen molar-refractivity contribution in [2.75, 3.05) is 13.1 Å². The van der Waals surface area contributed by atoms with Gasteiger partial charge < -0.3 is 5.11 Å². The van der Waals surface area contributed by atoms with E-state index < -0.39 is 32.5 Å². The number of aromatic nitrogens is 3. The molecule has 0 spiro atoms. The molecule has 1 aromatic heterocycles. The summed E-state index contributed by atoms with van der Waals surface area (Å²) >= 11 is 0. The average Bonchev–Trinajstić information content (AvgIpc) is 3.27. The van der Waals surface area contributed by atoms with Crippen molar-refractivity contribution >= 4 is 10.0 Å².